The summed E-state index contributed by atoms with van der Waals surface area (Å²) in [4.78, 5) is 10.8. The molecule has 70 valence electrons. The summed E-state index contributed by atoms with van der Waals surface area (Å²) in [5, 5.41) is -0.632. The van der Waals surface area contributed by atoms with Crippen LogP contribution in [0.25, 0.3) is 0 Å². The highest BCUT2D eigenvalue weighted by Crippen LogP contribution is 2.20. The molecule has 1 rings (SSSR count). The molecule has 0 bridgehead atoms. The minimum atomic E-state index is -0.984. The number of hydrogen-bond acceptors (Lipinski definition) is 2. The molecule has 0 atom stereocenters. The standard InChI is InChI=1S/C8H5ClF2O2/c1-13-8(12)4-2-5(10)7(9)6(11)3-4/h2-3H,1H3. The quantitative estimate of drug-likeness (QED) is 0.521. The molecule has 0 fully saturated rings. The van der Waals surface area contributed by atoms with Crippen molar-refractivity contribution < 1.29 is 18.3 Å². The van der Waals surface area contributed by atoms with E-state index < -0.39 is 22.6 Å². The van der Waals surface area contributed by atoms with E-state index in [0.29, 0.717) is 0 Å². The molecule has 0 saturated heterocycles. The Balaban J connectivity index is 3.20. The smallest absolute Gasteiger partial charge is 0.338 e. The van der Waals surface area contributed by atoms with Crippen molar-refractivity contribution in [1.82, 2.24) is 0 Å². The topological polar surface area (TPSA) is 26.3 Å². The van der Waals surface area contributed by atoms with Crippen LogP contribution in [0.3, 0.4) is 0 Å². The summed E-state index contributed by atoms with van der Waals surface area (Å²) < 4.78 is 29.8. The number of esters is 1. The van der Waals surface area contributed by atoms with Crippen molar-refractivity contribution in [2.24, 2.45) is 0 Å². The van der Waals surface area contributed by atoms with E-state index >= 15 is 0 Å². The van der Waals surface area contributed by atoms with Gasteiger partial charge in [0.2, 0.25) is 0 Å². The highest BCUT2D eigenvalue weighted by atomic mass is 35.5. The Hall–Kier alpha value is -1.16. The molecule has 13 heavy (non-hydrogen) atoms. The molecular formula is C8H5ClF2O2. The van der Waals surface area contributed by atoms with Gasteiger partial charge in [0.25, 0.3) is 0 Å². The van der Waals surface area contributed by atoms with Crippen LogP contribution in [0.2, 0.25) is 5.02 Å². The van der Waals surface area contributed by atoms with Crippen molar-refractivity contribution in [1.29, 1.82) is 0 Å². The molecule has 2 nitrogen and oxygen atoms in total. The molecule has 0 heterocycles. The van der Waals surface area contributed by atoms with Gasteiger partial charge in [0.05, 0.1) is 12.7 Å². The Morgan fingerprint density at radius 2 is 1.85 bits per heavy atom. The fourth-order valence-electron chi connectivity index (χ4n) is 0.791. The molecule has 0 aliphatic heterocycles. The lowest BCUT2D eigenvalue weighted by Crippen LogP contribution is -2.02. The molecule has 0 aromatic heterocycles. The van der Waals surface area contributed by atoms with Gasteiger partial charge in [-0.2, -0.15) is 0 Å². The lowest BCUT2D eigenvalue weighted by molar-refractivity contribution is 0.0599. The van der Waals surface area contributed by atoms with Gasteiger partial charge in [0.1, 0.15) is 16.7 Å². The Morgan fingerprint density at radius 3 is 2.23 bits per heavy atom. The van der Waals surface area contributed by atoms with Crippen LogP contribution >= 0.6 is 11.6 Å². The van der Waals surface area contributed by atoms with Crippen molar-refractivity contribution >= 4 is 17.6 Å². The third-order valence-electron chi connectivity index (χ3n) is 1.40. The zero-order chi connectivity index (χ0) is 10.0. The highest BCUT2D eigenvalue weighted by molar-refractivity contribution is 6.31. The molecular weight excluding hydrogens is 202 g/mol. The Morgan fingerprint density at radius 1 is 1.38 bits per heavy atom. The SMILES string of the molecule is COC(=O)c1cc(F)c(Cl)c(F)c1. The number of carbonyl (C=O) groups excluding carboxylic acids is 1. The van der Waals surface area contributed by atoms with Crippen LogP contribution < -0.4 is 0 Å². The summed E-state index contributed by atoms with van der Waals surface area (Å²) in [6.07, 6.45) is 0. The van der Waals surface area contributed by atoms with Crippen LogP contribution in [0.1, 0.15) is 10.4 Å². The van der Waals surface area contributed by atoms with Gasteiger partial charge in [-0.3, -0.25) is 0 Å². The van der Waals surface area contributed by atoms with Crippen molar-refractivity contribution in [2.75, 3.05) is 7.11 Å². The van der Waals surface area contributed by atoms with Crippen LogP contribution in [0.4, 0.5) is 8.78 Å². The lowest BCUT2D eigenvalue weighted by Gasteiger charge is -2.01. The molecule has 0 amide bonds. The molecule has 0 N–H and O–H groups in total. The normalized spacial score (nSPS) is 9.85. The van der Waals surface area contributed by atoms with Gasteiger partial charge >= 0.3 is 5.97 Å². The first-order valence-corrected chi connectivity index (χ1v) is 3.67. The maximum Gasteiger partial charge on any atom is 0.338 e. The Bertz CT molecular complexity index is 329. The van der Waals surface area contributed by atoms with E-state index in [9.17, 15) is 13.6 Å². The third kappa shape index (κ3) is 1.95. The van der Waals surface area contributed by atoms with Gasteiger partial charge in [0.15, 0.2) is 0 Å². The minimum absolute atomic E-state index is 0.207. The van der Waals surface area contributed by atoms with E-state index in [1.165, 1.54) is 0 Å². The molecule has 5 heteroatoms. The summed E-state index contributed by atoms with van der Waals surface area (Å²) in [7, 11) is 1.12. The maximum atomic E-state index is 12.8. The molecule has 1 aromatic rings. The molecule has 0 aliphatic rings. The molecule has 1 aromatic carbocycles. The second-order valence-corrected chi connectivity index (χ2v) is 2.62. The summed E-state index contributed by atoms with van der Waals surface area (Å²) in [6.45, 7) is 0. The van der Waals surface area contributed by atoms with Gasteiger partial charge in [0, 0.05) is 0 Å². The number of rotatable bonds is 1. The van der Waals surface area contributed by atoms with Crippen molar-refractivity contribution in [3.63, 3.8) is 0 Å². The second-order valence-electron chi connectivity index (χ2n) is 2.25. The average molecular weight is 207 g/mol. The average Bonchev–Trinajstić information content (AvgIpc) is 2.12. The molecule has 0 unspecified atom stereocenters. The van der Waals surface area contributed by atoms with Gasteiger partial charge in [-0.05, 0) is 12.1 Å². The third-order valence-corrected chi connectivity index (χ3v) is 1.77. The van der Waals surface area contributed by atoms with Gasteiger partial charge in [-0.15, -0.1) is 0 Å². The summed E-state index contributed by atoms with van der Waals surface area (Å²) in [6, 6.07) is 1.63. The summed E-state index contributed by atoms with van der Waals surface area (Å²) in [5.74, 6) is -2.78. The first-order valence-electron chi connectivity index (χ1n) is 3.29. The summed E-state index contributed by atoms with van der Waals surface area (Å²) in [5.41, 5.74) is -0.207. The minimum Gasteiger partial charge on any atom is -0.465 e. The van der Waals surface area contributed by atoms with Crippen molar-refractivity contribution in [3.05, 3.63) is 34.4 Å². The fourth-order valence-corrected chi connectivity index (χ4v) is 0.900. The number of hydrogen-bond donors (Lipinski definition) is 0. The van der Waals surface area contributed by atoms with Crippen molar-refractivity contribution in [3.8, 4) is 0 Å². The number of methoxy groups -OCH3 is 1. The predicted molar refractivity (Wildman–Crippen MR) is 42.7 cm³/mol. The van der Waals surface area contributed by atoms with Gasteiger partial charge in [-0.25, -0.2) is 13.6 Å². The van der Waals surface area contributed by atoms with Crippen LogP contribution in [-0.4, -0.2) is 13.1 Å². The first-order chi connectivity index (χ1) is 6.06. The van der Waals surface area contributed by atoms with E-state index in [2.05, 4.69) is 4.74 Å². The Labute approximate surface area is 78.1 Å². The summed E-state index contributed by atoms with van der Waals surface area (Å²) >= 11 is 5.20. The molecule has 0 radical (unpaired) electrons. The van der Waals surface area contributed by atoms with Crippen LogP contribution in [-0.2, 0) is 4.74 Å². The zero-order valence-electron chi connectivity index (χ0n) is 6.61. The molecule has 0 spiro atoms. The van der Waals surface area contributed by atoms with Gasteiger partial charge < -0.3 is 4.74 Å². The van der Waals surface area contributed by atoms with E-state index in [4.69, 9.17) is 11.6 Å². The number of benzene rings is 1. The van der Waals surface area contributed by atoms with Crippen LogP contribution in [0.15, 0.2) is 12.1 Å². The van der Waals surface area contributed by atoms with E-state index in [1.54, 1.807) is 0 Å². The largest absolute Gasteiger partial charge is 0.465 e. The lowest BCUT2D eigenvalue weighted by atomic mass is 10.2. The predicted octanol–water partition coefficient (Wildman–Crippen LogP) is 2.40. The first kappa shape index (κ1) is 9.92. The van der Waals surface area contributed by atoms with E-state index in [1.807, 2.05) is 0 Å². The van der Waals surface area contributed by atoms with E-state index in [0.717, 1.165) is 19.2 Å². The second kappa shape index (κ2) is 3.70. The zero-order valence-corrected chi connectivity index (χ0v) is 7.36. The van der Waals surface area contributed by atoms with Crippen LogP contribution in [0, 0.1) is 11.6 Å². The van der Waals surface area contributed by atoms with Gasteiger partial charge in [-0.1, -0.05) is 11.6 Å². The van der Waals surface area contributed by atoms with Crippen LogP contribution in [0.5, 0.6) is 0 Å². The number of ether oxygens (including phenoxy) is 1. The maximum absolute atomic E-state index is 12.8. The molecule has 0 aliphatic carbocycles. The highest BCUT2D eigenvalue weighted by Gasteiger charge is 2.13. The Kier molecular flexibility index (Phi) is 2.83. The number of halogens is 3. The number of carbonyl (C=O) groups is 1. The van der Waals surface area contributed by atoms with E-state index in [-0.39, 0.29) is 5.56 Å². The monoisotopic (exact) mass is 206 g/mol. The fraction of sp³-hybridized carbons (Fsp3) is 0.125. The van der Waals surface area contributed by atoms with Crippen molar-refractivity contribution in [2.45, 2.75) is 0 Å². The molecule has 0 saturated carbocycles.